The molecule has 2 heteroatoms. The summed E-state index contributed by atoms with van der Waals surface area (Å²) in [7, 11) is 0. The van der Waals surface area contributed by atoms with Crippen molar-refractivity contribution in [1.29, 1.82) is 0 Å². The van der Waals surface area contributed by atoms with Crippen LogP contribution < -0.4 is 4.90 Å². The summed E-state index contributed by atoms with van der Waals surface area (Å²) >= 11 is 0. The lowest BCUT2D eigenvalue weighted by molar-refractivity contribution is 0.658. The summed E-state index contributed by atoms with van der Waals surface area (Å²) in [5.74, 6) is 0.177. The average molecular weight is 665 g/mol. The first-order valence-corrected chi connectivity index (χ1v) is 18.1. The normalized spacial score (nSPS) is 15.3. The van der Waals surface area contributed by atoms with E-state index in [1.807, 2.05) is 0 Å². The van der Waals surface area contributed by atoms with E-state index >= 15 is 0 Å². The number of nitrogens with zero attached hydrogens (tertiary/aromatic N) is 2. The molecule has 0 N–H and O–H groups in total. The fourth-order valence-corrected chi connectivity index (χ4v) is 8.42. The minimum atomic E-state index is 0.109. The molecule has 9 aromatic rings. The van der Waals surface area contributed by atoms with E-state index in [0.29, 0.717) is 0 Å². The molecule has 0 aliphatic carbocycles. The molecule has 10 rings (SSSR count). The van der Waals surface area contributed by atoms with Crippen LogP contribution in [-0.4, -0.2) is 4.57 Å². The molecule has 1 aliphatic rings. The Labute approximate surface area is 304 Å². The van der Waals surface area contributed by atoms with Gasteiger partial charge in [-0.3, -0.25) is 0 Å². The van der Waals surface area contributed by atoms with Gasteiger partial charge in [-0.2, -0.15) is 0 Å². The van der Waals surface area contributed by atoms with Crippen LogP contribution in [-0.2, 0) is 0 Å². The Hall–Kier alpha value is -6.64. The highest BCUT2D eigenvalue weighted by Gasteiger charge is 2.41. The number of rotatable bonds is 6. The van der Waals surface area contributed by atoms with E-state index in [1.54, 1.807) is 0 Å². The minimum absolute atomic E-state index is 0.109. The van der Waals surface area contributed by atoms with Crippen LogP contribution in [0, 0.1) is 0 Å². The van der Waals surface area contributed by atoms with Gasteiger partial charge in [-0.15, -0.1) is 0 Å². The summed E-state index contributed by atoms with van der Waals surface area (Å²) in [4.78, 5) is 2.55. The number of aromatic nitrogens is 1. The first-order chi connectivity index (χ1) is 25.8. The molecule has 0 bridgehead atoms. The molecule has 0 saturated heterocycles. The second kappa shape index (κ2) is 12.6. The van der Waals surface area contributed by atoms with E-state index in [4.69, 9.17) is 0 Å². The Morgan fingerprint density at radius 3 is 1.40 bits per heavy atom. The van der Waals surface area contributed by atoms with Gasteiger partial charge in [0.05, 0.1) is 17.1 Å². The van der Waals surface area contributed by atoms with E-state index in [0.717, 1.165) is 0 Å². The zero-order valence-corrected chi connectivity index (χ0v) is 28.7. The van der Waals surface area contributed by atoms with Gasteiger partial charge in [-0.1, -0.05) is 164 Å². The summed E-state index contributed by atoms with van der Waals surface area (Å²) in [5, 5.41) is 2.56. The van der Waals surface area contributed by atoms with Crippen molar-refractivity contribution in [2.24, 2.45) is 0 Å². The van der Waals surface area contributed by atoms with Crippen molar-refractivity contribution in [3.8, 4) is 27.9 Å². The third-order valence-electron chi connectivity index (χ3n) is 10.8. The quantitative estimate of drug-likeness (QED) is 0.172. The maximum absolute atomic E-state index is 2.55. The van der Waals surface area contributed by atoms with Crippen LogP contribution in [0.15, 0.2) is 206 Å². The smallest absolute Gasteiger partial charge is 0.0701 e. The Kier molecular flexibility index (Phi) is 7.32. The van der Waals surface area contributed by atoms with E-state index in [9.17, 15) is 0 Å². The number of hydrogen-bond donors (Lipinski definition) is 0. The van der Waals surface area contributed by atoms with Gasteiger partial charge in [-0.25, -0.2) is 0 Å². The molecule has 8 aromatic carbocycles. The van der Waals surface area contributed by atoms with Crippen LogP contribution in [0.4, 0.5) is 11.4 Å². The molecule has 52 heavy (non-hydrogen) atoms. The van der Waals surface area contributed by atoms with E-state index in [2.05, 4.69) is 216 Å². The summed E-state index contributed by atoms with van der Waals surface area (Å²) in [6, 6.07) is 75.4. The maximum atomic E-state index is 2.55. The SMILES string of the molecule is c1ccc(-c2ccc(C3c4ccccc4N(c4ccc(-c5ccc(-n6c7ccccc7c7ccccc76)cc5)cc4)C3c3ccccc3)cc2)cc1. The Balaban J connectivity index is 1.01. The molecule has 0 radical (unpaired) electrons. The molecule has 2 unspecified atom stereocenters. The molecule has 0 amide bonds. The second-order valence-corrected chi connectivity index (χ2v) is 13.7. The van der Waals surface area contributed by atoms with Crippen LogP contribution in [0.3, 0.4) is 0 Å². The van der Waals surface area contributed by atoms with Gasteiger partial charge >= 0.3 is 0 Å². The number of benzene rings is 8. The van der Waals surface area contributed by atoms with Crippen LogP contribution >= 0.6 is 0 Å². The molecule has 1 aromatic heterocycles. The first-order valence-electron chi connectivity index (χ1n) is 18.1. The number of para-hydroxylation sites is 3. The zero-order chi connectivity index (χ0) is 34.4. The van der Waals surface area contributed by atoms with Gasteiger partial charge in [0, 0.05) is 33.8 Å². The zero-order valence-electron chi connectivity index (χ0n) is 28.7. The fraction of sp³-hybridized carbons (Fsp3) is 0.0400. The molecular weight excluding hydrogens is 629 g/mol. The van der Waals surface area contributed by atoms with E-state index in [-0.39, 0.29) is 12.0 Å². The van der Waals surface area contributed by atoms with Gasteiger partial charge in [0.2, 0.25) is 0 Å². The van der Waals surface area contributed by atoms with E-state index < -0.39 is 0 Å². The molecule has 1 aliphatic heterocycles. The Bertz CT molecular complexity index is 2600. The van der Waals surface area contributed by atoms with E-state index in [1.165, 1.54) is 77.8 Å². The Morgan fingerprint density at radius 2 is 0.788 bits per heavy atom. The molecule has 2 heterocycles. The lowest BCUT2D eigenvalue weighted by Gasteiger charge is -2.31. The molecule has 2 atom stereocenters. The summed E-state index contributed by atoms with van der Waals surface area (Å²) < 4.78 is 2.37. The number of fused-ring (bicyclic) bond motifs is 4. The van der Waals surface area contributed by atoms with Crippen LogP contribution in [0.5, 0.6) is 0 Å². The van der Waals surface area contributed by atoms with Gasteiger partial charge in [0.15, 0.2) is 0 Å². The van der Waals surface area contributed by atoms with Crippen molar-refractivity contribution >= 4 is 33.2 Å². The van der Waals surface area contributed by atoms with Crippen LogP contribution in [0.2, 0.25) is 0 Å². The van der Waals surface area contributed by atoms with Gasteiger partial charge in [-0.05, 0) is 81.4 Å². The molecule has 0 saturated carbocycles. The maximum Gasteiger partial charge on any atom is 0.0701 e. The first kappa shape index (κ1) is 30.2. The number of anilines is 2. The van der Waals surface area contributed by atoms with Crippen molar-refractivity contribution < 1.29 is 0 Å². The van der Waals surface area contributed by atoms with Crippen molar-refractivity contribution in [3.63, 3.8) is 0 Å². The molecule has 246 valence electrons. The van der Waals surface area contributed by atoms with Gasteiger partial charge in [0.25, 0.3) is 0 Å². The van der Waals surface area contributed by atoms with Crippen molar-refractivity contribution in [1.82, 2.24) is 4.57 Å². The predicted molar refractivity (Wildman–Crippen MR) is 218 cm³/mol. The highest BCUT2D eigenvalue weighted by atomic mass is 15.2. The van der Waals surface area contributed by atoms with Gasteiger partial charge in [0.1, 0.15) is 0 Å². The second-order valence-electron chi connectivity index (χ2n) is 13.7. The lowest BCUT2D eigenvalue weighted by atomic mass is 9.84. The average Bonchev–Trinajstić information content (AvgIpc) is 3.75. The van der Waals surface area contributed by atoms with Gasteiger partial charge < -0.3 is 9.47 Å². The molecule has 0 fully saturated rings. The third-order valence-corrected chi connectivity index (χ3v) is 10.8. The van der Waals surface area contributed by atoms with Crippen molar-refractivity contribution in [2.45, 2.75) is 12.0 Å². The predicted octanol–water partition coefficient (Wildman–Crippen LogP) is 13.1. The van der Waals surface area contributed by atoms with Crippen LogP contribution in [0.25, 0.3) is 49.7 Å². The summed E-state index contributed by atoms with van der Waals surface area (Å²) in [6.45, 7) is 0. The monoisotopic (exact) mass is 664 g/mol. The molecular formula is C50H36N2. The lowest BCUT2D eigenvalue weighted by Crippen LogP contribution is -2.22. The largest absolute Gasteiger partial charge is 0.333 e. The standard InChI is InChI=1S/C50H36N2/c1-3-13-35(14-4-1)36-23-25-39(26-24-36)49-45-19-9-12-22-48(45)52(50(49)40-15-5-2-6-16-40)42-33-29-38(30-34-42)37-27-31-41(32-28-37)51-46-20-10-7-17-43(46)44-18-8-11-21-47(44)51/h1-34,49-50H. The summed E-state index contributed by atoms with van der Waals surface area (Å²) in [5.41, 5.74) is 14.9. The summed E-state index contributed by atoms with van der Waals surface area (Å²) in [6.07, 6.45) is 0. The Morgan fingerprint density at radius 1 is 0.327 bits per heavy atom. The molecule has 2 nitrogen and oxygen atoms in total. The highest BCUT2D eigenvalue weighted by Crippen LogP contribution is 2.55. The topological polar surface area (TPSA) is 8.17 Å². The van der Waals surface area contributed by atoms with Crippen molar-refractivity contribution in [2.75, 3.05) is 4.90 Å². The number of hydrogen-bond acceptors (Lipinski definition) is 1. The van der Waals surface area contributed by atoms with Crippen LogP contribution in [0.1, 0.15) is 28.7 Å². The third kappa shape index (κ3) is 5.03. The highest BCUT2D eigenvalue weighted by molar-refractivity contribution is 6.09. The van der Waals surface area contributed by atoms with Crippen molar-refractivity contribution in [3.05, 3.63) is 223 Å². The fourth-order valence-electron chi connectivity index (χ4n) is 8.42. The minimum Gasteiger partial charge on any atom is -0.333 e. The molecule has 0 spiro atoms.